The molecule has 1 aliphatic heterocycles. The number of carbonyl (C=O) groups excluding carboxylic acids is 1. The van der Waals surface area contributed by atoms with Gasteiger partial charge in [0, 0.05) is 18.7 Å². The number of carbonyl (C=O) groups is 1. The Labute approximate surface area is 109 Å². The Balaban J connectivity index is 2.14. The van der Waals surface area contributed by atoms with E-state index in [0.29, 0.717) is 10.0 Å². The van der Waals surface area contributed by atoms with Crippen LogP contribution in [-0.4, -0.2) is 23.9 Å². The van der Waals surface area contributed by atoms with Crippen molar-refractivity contribution in [1.82, 2.24) is 4.90 Å². The van der Waals surface area contributed by atoms with Gasteiger partial charge >= 0.3 is 0 Å². The number of likely N-dealkylation sites (tertiary alicyclic amines) is 1. The molecule has 0 spiro atoms. The van der Waals surface area contributed by atoms with Gasteiger partial charge in [-0.1, -0.05) is 12.8 Å². The van der Waals surface area contributed by atoms with E-state index in [1.165, 1.54) is 18.9 Å². The lowest BCUT2D eigenvalue weighted by Crippen LogP contribution is -2.31. The molecule has 1 aromatic carbocycles. The van der Waals surface area contributed by atoms with Crippen LogP contribution in [0.4, 0.5) is 4.39 Å². The van der Waals surface area contributed by atoms with Gasteiger partial charge in [-0.15, -0.1) is 0 Å². The van der Waals surface area contributed by atoms with Crippen LogP contribution in [0.1, 0.15) is 36.0 Å². The van der Waals surface area contributed by atoms with Crippen molar-refractivity contribution < 1.29 is 9.18 Å². The minimum absolute atomic E-state index is 0.0571. The lowest BCUT2D eigenvalue weighted by molar-refractivity contribution is 0.0761. The quantitative estimate of drug-likeness (QED) is 0.776. The van der Waals surface area contributed by atoms with Crippen LogP contribution in [0.25, 0.3) is 0 Å². The fourth-order valence-electron chi connectivity index (χ4n) is 2.09. The minimum atomic E-state index is -0.384. The van der Waals surface area contributed by atoms with Gasteiger partial charge in [-0.25, -0.2) is 4.39 Å². The first-order chi connectivity index (χ1) is 8.18. The number of rotatable bonds is 1. The van der Waals surface area contributed by atoms with Gasteiger partial charge in [-0.05, 0) is 47.0 Å². The average Bonchev–Trinajstić information content (AvgIpc) is 2.60. The summed E-state index contributed by atoms with van der Waals surface area (Å²) in [6, 6.07) is 4.55. The van der Waals surface area contributed by atoms with Gasteiger partial charge in [0.1, 0.15) is 5.82 Å². The van der Waals surface area contributed by atoms with Crippen LogP contribution in [-0.2, 0) is 0 Å². The van der Waals surface area contributed by atoms with E-state index in [4.69, 9.17) is 0 Å². The van der Waals surface area contributed by atoms with E-state index in [0.717, 1.165) is 25.9 Å². The number of hydrogen-bond acceptors (Lipinski definition) is 1. The number of amides is 1. The molecular weight excluding hydrogens is 285 g/mol. The van der Waals surface area contributed by atoms with Crippen LogP contribution >= 0.6 is 15.9 Å². The van der Waals surface area contributed by atoms with Crippen molar-refractivity contribution in [3.8, 4) is 0 Å². The maximum atomic E-state index is 13.4. The molecule has 0 N–H and O–H groups in total. The fourth-order valence-corrected chi connectivity index (χ4v) is 2.33. The second-order valence-corrected chi connectivity index (χ2v) is 5.19. The van der Waals surface area contributed by atoms with Crippen LogP contribution in [0.3, 0.4) is 0 Å². The molecule has 1 heterocycles. The maximum absolute atomic E-state index is 13.4. The van der Waals surface area contributed by atoms with Gasteiger partial charge < -0.3 is 4.90 Å². The molecule has 2 nitrogen and oxygen atoms in total. The molecule has 0 aliphatic carbocycles. The summed E-state index contributed by atoms with van der Waals surface area (Å²) in [6.45, 7) is 1.58. The summed E-state index contributed by atoms with van der Waals surface area (Å²) in [7, 11) is 0. The van der Waals surface area contributed by atoms with E-state index >= 15 is 0 Å². The topological polar surface area (TPSA) is 20.3 Å². The molecule has 4 heteroatoms. The standard InChI is InChI=1S/C13H15BrFNO/c14-11-6-5-10(9-12(11)15)13(17)16-7-3-1-2-4-8-16/h5-6,9H,1-4,7-8H2. The van der Waals surface area contributed by atoms with Gasteiger partial charge in [0.05, 0.1) is 4.47 Å². The van der Waals surface area contributed by atoms with Gasteiger partial charge in [0.2, 0.25) is 0 Å². The van der Waals surface area contributed by atoms with E-state index in [9.17, 15) is 9.18 Å². The molecular formula is C13H15BrFNO. The van der Waals surface area contributed by atoms with Crippen molar-refractivity contribution in [1.29, 1.82) is 0 Å². The monoisotopic (exact) mass is 299 g/mol. The molecule has 0 saturated carbocycles. The molecule has 1 fully saturated rings. The van der Waals surface area contributed by atoms with Crippen LogP contribution in [0.5, 0.6) is 0 Å². The SMILES string of the molecule is O=C(c1ccc(Br)c(F)c1)N1CCCCCC1. The third-order valence-electron chi connectivity index (χ3n) is 3.06. The third-order valence-corrected chi connectivity index (χ3v) is 3.70. The Kier molecular flexibility index (Phi) is 4.15. The van der Waals surface area contributed by atoms with Crippen LogP contribution in [0, 0.1) is 5.82 Å². The summed E-state index contributed by atoms with van der Waals surface area (Å²) in [6.07, 6.45) is 4.45. The van der Waals surface area contributed by atoms with E-state index in [1.807, 2.05) is 4.90 Å². The van der Waals surface area contributed by atoms with E-state index in [-0.39, 0.29) is 11.7 Å². The molecule has 0 atom stereocenters. The number of halogens is 2. The number of nitrogens with zero attached hydrogens (tertiary/aromatic N) is 1. The van der Waals surface area contributed by atoms with Crippen LogP contribution in [0.2, 0.25) is 0 Å². The largest absolute Gasteiger partial charge is 0.339 e. The molecule has 2 rings (SSSR count). The number of hydrogen-bond donors (Lipinski definition) is 0. The molecule has 92 valence electrons. The normalized spacial score (nSPS) is 16.7. The first-order valence-corrected chi connectivity index (χ1v) is 6.72. The summed E-state index contributed by atoms with van der Waals surface area (Å²) < 4.78 is 13.8. The summed E-state index contributed by atoms with van der Waals surface area (Å²) in [5, 5.41) is 0. The van der Waals surface area contributed by atoms with E-state index in [1.54, 1.807) is 12.1 Å². The van der Waals surface area contributed by atoms with Crippen molar-refractivity contribution in [2.45, 2.75) is 25.7 Å². The van der Waals surface area contributed by atoms with Crippen molar-refractivity contribution in [2.75, 3.05) is 13.1 Å². The first-order valence-electron chi connectivity index (χ1n) is 5.93. The fraction of sp³-hybridized carbons (Fsp3) is 0.462. The Morgan fingerprint density at radius 1 is 1.18 bits per heavy atom. The summed E-state index contributed by atoms with van der Waals surface area (Å²) >= 11 is 3.09. The lowest BCUT2D eigenvalue weighted by atomic mass is 10.2. The smallest absolute Gasteiger partial charge is 0.253 e. The zero-order chi connectivity index (χ0) is 12.3. The third kappa shape index (κ3) is 3.06. The highest BCUT2D eigenvalue weighted by Crippen LogP contribution is 2.19. The lowest BCUT2D eigenvalue weighted by Gasteiger charge is -2.20. The minimum Gasteiger partial charge on any atom is -0.339 e. The molecule has 0 aromatic heterocycles. The molecule has 17 heavy (non-hydrogen) atoms. The zero-order valence-corrected chi connectivity index (χ0v) is 11.2. The molecule has 0 radical (unpaired) electrons. The van der Waals surface area contributed by atoms with Crippen molar-refractivity contribution in [3.63, 3.8) is 0 Å². The molecule has 1 saturated heterocycles. The van der Waals surface area contributed by atoms with E-state index < -0.39 is 0 Å². The van der Waals surface area contributed by atoms with Crippen LogP contribution < -0.4 is 0 Å². The summed E-state index contributed by atoms with van der Waals surface area (Å²) in [5.74, 6) is -0.441. The van der Waals surface area contributed by atoms with Crippen LogP contribution in [0.15, 0.2) is 22.7 Å². The maximum Gasteiger partial charge on any atom is 0.253 e. The highest BCUT2D eigenvalue weighted by Gasteiger charge is 2.17. The van der Waals surface area contributed by atoms with Gasteiger partial charge in [-0.2, -0.15) is 0 Å². The summed E-state index contributed by atoms with van der Waals surface area (Å²) in [5.41, 5.74) is 0.438. The van der Waals surface area contributed by atoms with Gasteiger partial charge in [0.15, 0.2) is 0 Å². The Morgan fingerprint density at radius 2 is 1.82 bits per heavy atom. The Hall–Kier alpha value is -0.900. The van der Waals surface area contributed by atoms with Crippen molar-refractivity contribution in [3.05, 3.63) is 34.1 Å². The predicted octanol–water partition coefficient (Wildman–Crippen LogP) is 3.60. The van der Waals surface area contributed by atoms with Gasteiger partial charge in [0.25, 0.3) is 5.91 Å². The zero-order valence-electron chi connectivity index (χ0n) is 9.59. The average molecular weight is 300 g/mol. The van der Waals surface area contributed by atoms with Crippen molar-refractivity contribution in [2.24, 2.45) is 0 Å². The second kappa shape index (κ2) is 5.63. The highest BCUT2D eigenvalue weighted by molar-refractivity contribution is 9.10. The first kappa shape index (κ1) is 12.6. The highest BCUT2D eigenvalue weighted by atomic mass is 79.9. The Morgan fingerprint density at radius 3 is 2.41 bits per heavy atom. The molecule has 0 unspecified atom stereocenters. The molecule has 1 aliphatic rings. The van der Waals surface area contributed by atoms with Crippen molar-refractivity contribution >= 4 is 21.8 Å². The predicted molar refractivity (Wildman–Crippen MR) is 68.5 cm³/mol. The molecule has 1 aromatic rings. The second-order valence-electron chi connectivity index (χ2n) is 4.34. The van der Waals surface area contributed by atoms with E-state index in [2.05, 4.69) is 15.9 Å². The number of benzene rings is 1. The molecule has 0 bridgehead atoms. The summed E-state index contributed by atoms with van der Waals surface area (Å²) in [4.78, 5) is 14.0. The van der Waals surface area contributed by atoms with Gasteiger partial charge in [-0.3, -0.25) is 4.79 Å². The molecule has 1 amide bonds. The Bertz CT molecular complexity index is 414.